The summed E-state index contributed by atoms with van der Waals surface area (Å²) in [6, 6.07) is 12.2. The number of benzene rings is 1. The van der Waals surface area contributed by atoms with Gasteiger partial charge in [0.1, 0.15) is 11.9 Å². The second kappa shape index (κ2) is 6.01. The first-order valence-electron chi connectivity index (χ1n) is 8.05. The van der Waals surface area contributed by atoms with Gasteiger partial charge in [0.25, 0.3) is 5.91 Å². The minimum Gasteiger partial charge on any atom is -0.368 e. The summed E-state index contributed by atoms with van der Waals surface area (Å²) in [5, 5.41) is 2.88. The minimum atomic E-state index is -0.319. The number of anilines is 3. The zero-order chi connectivity index (χ0) is 15.6. The lowest BCUT2D eigenvalue weighted by atomic mass is 10.2. The minimum absolute atomic E-state index is 0.0800. The number of carbonyl (C=O) groups is 1. The Balaban J connectivity index is 1.47. The van der Waals surface area contributed by atoms with Crippen LogP contribution in [0.25, 0.3) is 0 Å². The van der Waals surface area contributed by atoms with Crippen molar-refractivity contribution < 1.29 is 9.53 Å². The number of hydrogen-bond donors (Lipinski definition) is 1. The number of nitrogens with one attached hydrogen (secondary N) is 1. The first-order chi connectivity index (χ1) is 11.3. The van der Waals surface area contributed by atoms with Crippen molar-refractivity contribution in [2.45, 2.75) is 25.4 Å². The van der Waals surface area contributed by atoms with E-state index in [9.17, 15) is 4.79 Å². The van der Waals surface area contributed by atoms with Gasteiger partial charge in [0, 0.05) is 18.8 Å². The monoisotopic (exact) mass is 309 g/mol. The summed E-state index contributed by atoms with van der Waals surface area (Å²) >= 11 is 0. The number of aromatic nitrogens is 1. The van der Waals surface area contributed by atoms with E-state index >= 15 is 0 Å². The lowest BCUT2D eigenvalue weighted by Crippen LogP contribution is -2.26. The van der Waals surface area contributed by atoms with E-state index in [2.05, 4.69) is 33.4 Å². The van der Waals surface area contributed by atoms with Gasteiger partial charge in [-0.2, -0.15) is 0 Å². The fraction of sp³-hybridized carbons (Fsp3) is 0.333. The molecule has 0 radical (unpaired) electrons. The Kier molecular flexibility index (Phi) is 3.71. The van der Waals surface area contributed by atoms with E-state index in [1.165, 1.54) is 11.3 Å². The van der Waals surface area contributed by atoms with Crippen LogP contribution in [0.5, 0.6) is 0 Å². The van der Waals surface area contributed by atoms with Crippen LogP contribution in [0.2, 0.25) is 0 Å². The van der Waals surface area contributed by atoms with Crippen LogP contribution in [0.3, 0.4) is 0 Å². The lowest BCUT2D eigenvalue weighted by molar-refractivity contribution is -0.124. The number of carbonyl (C=O) groups excluding carboxylic acids is 1. The summed E-state index contributed by atoms with van der Waals surface area (Å²) in [6.45, 7) is 1.61. The van der Waals surface area contributed by atoms with Crippen LogP contribution in [0.15, 0.2) is 42.6 Å². The Hall–Kier alpha value is -2.40. The van der Waals surface area contributed by atoms with Gasteiger partial charge >= 0.3 is 0 Å². The molecule has 0 bridgehead atoms. The molecule has 0 saturated carbocycles. The van der Waals surface area contributed by atoms with Gasteiger partial charge in [-0.1, -0.05) is 18.2 Å². The summed E-state index contributed by atoms with van der Waals surface area (Å²) in [6.07, 6.45) is 4.17. The normalized spacial score (nSPS) is 19.7. The van der Waals surface area contributed by atoms with E-state index in [1.807, 2.05) is 18.2 Å². The molecule has 0 aliphatic carbocycles. The molecule has 2 aliphatic heterocycles. The second-order valence-electron chi connectivity index (χ2n) is 5.93. The van der Waals surface area contributed by atoms with Crippen molar-refractivity contribution in [3.05, 3.63) is 48.2 Å². The first-order valence-corrected chi connectivity index (χ1v) is 8.05. The number of ether oxygens (including phenoxy) is 1. The highest BCUT2D eigenvalue weighted by atomic mass is 16.5. The van der Waals surface area contributed by atoms with E-state index in [4.69, 9.17) is 4.74 Å². The molecular formula is C18H19N3O2. The third-order valence-corrected chi connectivity index (χ3v) is 4.40. The topological polar surface area (TPSA) is 54.5 Å². The number of para-hydroxylation sites is 1. The number of hydrogen-bond acceptors (Lipinski definition) is 4. The van der Waals surface area contributed by atoms with Gasteiger partial charge in [0.05, 0.1) is 11.9 Å². The molecular weight excluding hydrogens is 290 g/mol. The van der Waals surface area contributed by atoms with E-state index < -0.39 is 0 Å². The Bertz CT molecular complexity index is 708. The standard InChI is InChI=1S/C18H19N3O2/c22-18(16-6-3-11-23-16)20-14-7-8-17(19-12-14)21-10-9-13-4-1-2-5-15(13)21/h1-2,4-5,7-8,12,16H,3,6,9-11H2,(H,20,22). The lowest BCUT2D eigenvalue weighted by Gasteiger charge is -2.18. The number of pyridine rings is 1. The number of rotatable bonds is 3. The van der Waals surface area contributed by atoms with Crippen LogP contribution in [-0.2, 0) is 16.0 Å². The van der Waals surface area contributed by atoms with Crippen molar-refractivity contribution in [2.24, 2.45) is 0 Å². The molecule has 1 N–H and O–H groups in total. The Morgan fingerprint density at radius 2 is 2.17 bits per heavy atom. The summed E-state index contributed by atoms with van der Waals surface area (Å²) in [7, 11) is 0. The molecule has 1 atom stereocenters. The van der Waals surface area contributed by atoms with Crippen molar-refractivity contribution in [3.8, 4) is 0 Å². The Morgan fingerprint density at radius 3 is 2.96 bits per heavy atom. The average Bonchev–Trinajstić information content (AvgIpc) is 3.25. The zero-order valence-corrected chi connectivity index (χ0v) is 12.9. The van der Waals surface area contributed by atoms with Crippen molar-refractivity contribution >= 4 is 23.1 Å². The smallest absolute Gasteiger partial charge is 0.253 e. The van der Waals surface area contributed by atoms with Crippen LogP contribution in [0.1, 0.15) is 18.4 Å². The molecule has 1 aromatic carbocycles. The van der Waals surface area contributed by atoms with Gasteiger partial charge in [-0.3, -0.25) is 4.79 Å². The number of amides is 1. The van der Waals surface area contributed by atoms with Gasteiger partial charge in [0.2, 0.25) is 0 Å². The zero-order valence-electron chi connectivity index (χ0n) is 12.9. The predicted octanol–water partition coefficient (Wildman–Crippen LogP) is 2.89. The maximum absolute atomic E-state index is 12.0. The fourth-order valence-electron chi connectivity index (χ4n) is 3.20. The van der Waals surface area contributed by atoms with Crippen molar-refractivity contribution in [2.75, 3.05) is 23.4 Å². The largest absolute Gasteiger partial charge is 0.368 e. The molecule has 1 saturated heterocycles. The molecule has 0 spiro atoms. The van der Waals surface area contributed by atoms with Crippen LogP contribution in [0.4, 0.5) is 17.2 Å². The Morgan fingerprint density at radius 1 is 1.26 bits per heavy atom. The van der Waals surface area contributed by atoms with Gasteiger partial charge in [-0.15, -0.1) is 0 Å². The molecule has 23 heavy (non-hydrogen) atoms. The Labute approximate surface area is 135 Å². The molecule has 4 rings (SSSR count). The summed E-state index contributed by atoms with van der Waals surface area (Å²) in [5.74, 6) is 0.827. The van der Waals surface area contributed by atoms with Gasteiger partial charge in [0.15, 0.2) is 0 Å². The predicted molar refractivity (Wildman–Crippen MR) is 89.0 cm³/mol. The maximum atomic E-state index is 12.0. The van der Waals surface area contributed by atoms with Crippen LogP contribution in [0, 0.1) is 0 Å². The summed E-state index contributed by atoms with van der Waals surface area (Å²) in [5.41, 5.74) is 3.28. The van der Waals surface area contributed by atoms with Crippen molar-refractivity contribution in [3.63, 3.8) is 0 Å². The maximum Gasteiger partial charge on any atom is 0.253 e. The van der Waals surface area contributed by atoms with Crippen molar-refractivity contribution in [1.82, 2.24) is 4.98 Å². The van der Waals surface area contributed by atoms with E-state index in [-0.39, 0.29) is 12.0 Å². The molecule has 5 heteroatoms. The second-order valence-corrected chi connectivity index (χ2v) is 5.93. The SMILES string of the molecule is O=C(Nc1ccc(N2CCc3ccccc32)nc1)C1CCCO1. The number of nitrogens with zero attached hydrogens (tertiary/aromatic N) is 2. The molecule has 2 aromatic rings. The third-order valence-electron chi connectivity index (χ3n) is 4.40. The van der Waals surface area contributed by atoms with Crippen LogP contribution >= 0.6 is 0 Å². The fourth-order valence-corrected chi connectivity index (χ4v) is 3.20. The molecule has 2 aliphatic rings. The van der Waals surface area contributed by atoms with Crippen LogP contribution < -0.4 is 10.2 Å². The van der Waals surface area contributed by atoms with E-state index in [0.717, 1.165) is 31.6 Å². The average molecular weight is 309 g/mol. The third kappa shape index (κ3) is 2.80. The highest BCUT2D eigenvalue weighted by Gasteiger charge is 2.24. The number of fused-ring (bicyclic) bond motifs is 1. The molecule has 3 heterocycles. The molecule has 1 unspecified atom stereocenters. The van der Waals surface area contributed by atoms with Crippen LogP contribution in [-0.4, -0.2) is 30.1 Å². The highest BCUT2D eigenvalue weighted by Crippen LogP contribution is 2.33. The molecule has 1 aromatic heterocycles. The molecule has 118 valence electrons. The molecule has 1 fully saturated rings. The summed E-state index contributed by atoms with van der Waals surface area (Å²) in [4.78, 5) is 18.8. The van der Waals surface area contributed by atoms with Gasteiger partial charge in [-0.05, 0) is 43.0 Å². The summed E-state index contributed by atoms with van der Waals surface area (Å²) < 4.78 is 5.39. The van der Waals surface area contributed by atoms with E-state index in [0.29, 0.717) is 12.3 Å². The first kappa shape index (κ1) is 14.2. The van der Waals surface area contributed by atoms with E-state index in [1.54, 1.807) is 6.20 Å². The quantitative estimate of drug-likeness (QED) is 0.947. The van der Waals surface area contributed by atoms with Gasteiger partial charge < -0.3 is 15.0 Å². The molecule has 5 nitrogen and oxygen atoms in total. The van der Waals surface area contributed by atoms with Gasteiger partial charge in [-0.25, -0.2) is 4.98 Å². The molecule has 1 amide bonds. The van der Waals surface area contributed by atoms with Crippen molar-refractivity contribution in [1.29, 1.82) is 0 Å². The highest BCUT2D eigenvalue weighted by molar-refractivity contribution is 5.94.